The molecule has 0 aliphatic carbocycles. The van der Waals surface area contributed by atoms with Crippen LogP contribution < -0.4 is 16.4 Å². The molecule has 5 nitrogen and oxygen atoms in total. The van der Waals surface area contributed by atoms with E-state index in [1.54, 1.807) is 0 Å². The van der Waals surface area contributed by atoms with E-state index >= 15 is 0 Å². The number of carbonyl (C=O) groups excluding carboxylic acids is 1. The SMILES string of the molecule is C[C@H](CN)NC(=O)NC1CCOC1. The Labute approximate surface area is 78.0 Å². The fourth-order valence-electron chi connectivity index (χ4n) is 1.16. The van der Waals surface area contributed by atoms with Crippen LogP contribution in [0, 0.1) is 0 Å². The quantitative estimate of drug-likeness (QED) is 0.553. The highest BCUT2D eigenvalue weighted by atomic mass is 16.5. The van der Waals surface area contributed by atoms with E-state index in [4.69, 9.17) is 10.5 Å². The van der Waals surface area contributed by atoms with Gasteiger partial charge in [-0.3, -0.25) is 0 Å². The molecule has 0 spiro atoms. The molecule has 0 aromatic rings. The zero-order valence-electron chi connectivity index (χ0n) is 7.88. The van der Waals surface area contributed by atoms with Crippen molar-refractivity contribution in [3.05, 3.63) is 0 Å². The first-order valence-electron chi connectivity index (χ1n) is 4.57. The van der Waals surface area contributed by atoms with Crippen molar-refractivity contribution in [2.45, 2.75) is 25.4 Å². The third-order valence-electron chi connectivity index (χ3n) is 2.00. The predicted octanol–water partition coefficient (Wildman–Crippen LogP) is -0.578. The number of nitrogens with two attached hydrogens (primary N) is 1. The van der Waals surface area contributed by atoms with Gasteiger partial charge >= 0.3 is 6.03 Å². The van der Waals surface area contributed by atoms with Crippen molar-refractivity contribution in [3.63, 3.8) is 0 Å². The van der Waals surface area contributed by atoms with Gasteiger partial charge < -0.3 is 21.1 Å². The molecular weight excluding hydrogens is 170 g/mol. The van der Waals surface area contributed by atoms with Gasteiger partial charge in [0, 0.05) is 19.2 Å². The van der Waals surface area contributed by atoms with Crippen molar-refractivity contribution in [2.24, 2.45) is 5.73 Å². The van der Waals surface area contributed by atoms with Crippen molar-refractivity contribution < 1.29 is 9.53 Å². The molecule has 76 valence electrons. The van der Waals surface area contributed by atoms with Crippen LogP contribution >= 0.6 is 0 Å². The number of nitrogens with one attached hydrogen (secondary N) is 2. The van der Waals surface area contributed by atoms with Gasteiger partial charge in [0.25, 0.3) is 0 Å². The average molecular weight is 187 g/mol. The molecule has 1 heterocycles. The normalized spacial score (nSPS) is 24.0. The van der Waals surface area contributed by atoms with Crippen LogP contribution in [0.15, 0.2) is 0 Å². The van der Waals surface area contributed by atoms with E-state index in [-0.39, 0.29) is 18.1 Å². The Hall–Kier alpha value is -0.810. The van der Waals surface area contributed by atoms with Gasteiger partial charge in [0.2, 0.25) is 0 Å². The largest absolute Gasteiger partial charge is 0.379 e. The predicted molar refractivity (Wildman–Crippen MR) is 49.4 cm³/mol. The molecule has 4 N–H and O–H groups in total. The number of hydrogen-bond acceptors (Lipinski definition) is 3. The number of hydrogen-bond donors (Lipinski definition) is 3. The van der Waals surface area contributed by atoms with Gasteiger partial charge in [0.1, 0.15) is 0 Å². The molecule has 0 aromatic carbocycles. The van der Waals surface area contributed by atoms with Crippen LogP contribution in [0.3, 0.4) is 0 Å². The summed E-state index contributed by atoms with van der Waals surface area (Å²) in [7, 11) is 0. The highest BCUT2D eigenvalue weighted by Crippen LogP contribution is 2.02. The van der Waals surface area contributed by atoms with Gasteiger partial charge in [-0.2, -0.15) is 0 Å². The minimum absolute atomic E-state index is 0.0160. The summed E-state index contributed by atoms with van der Waals surface area (Å²) < 4.78 is 5.12. The van der Waals surface area contributed by atoms with E-state index in [2.05, 4.69) is 10.6 Å². The number of amides is 2. The Balaban J connectivity index is 2.16. The summed E-state index contributed by atoms with van der Waals surface area (Å²) in [4.78, 5) is 11.2. The summed E-state index contributed by atoms with van der Waals surface area (Å²) >= 11 is 0. The lowest BCUT2D eigenvalue weighted by Gasteiger charge is -2.15. The molecule has 5 heteroatoms. The van der Waals surface area contributed by atoms with Crippen molar-refractivity contribution in [2.75, 3.05) is 19.8 Å². The summed E-state index contributed by atoms with van der Waals surface area (Å²) in [5.74, 6) is 0. The van der Waals surface area contributed by atoms with E-state index in [1.165, 1.54) is 0 Å². The van der Waals surface area contributed by atoms with E-state index in [1.807, 2.05) is 6.92 Å². The summed E-state index contributed by atoms with van der Waals surface area (Å²) in [5, 5.41) is 5.54. The van der Waals surface area contributed by atoms with Gasteiger partial charge in [-0.05, 0) is 13.3 Å². The van der Waals surface area contributed by atoms with Crippen molar-refractivity contribution >= 4 is 6.03 Å². The molecule has 1 rings (SSSR count). The number of ether oxygens (including phenoxy) is 1. The minimum atomic E-state index is -0.159. The first-order valence-corrected chi connectivity index (χ1v) is 4.57. The maximum absolute atomic E-state index is 11.2. The zero-order valence-corrected chi connectivity index (χ0v) is 7.88. The van der Waals surface area contributed by atoms with Gasteiger partial charge in [0.05, 0.1) is 12.6 Å². The van der Waals surface area contributed by atoms with Gasteiger partial charge in [-0.1, -0.05) is 0 Å². The number of urea groups is 1. The highest BCUT2D eigenvalue weighted by Gasteiger charge is 2.17. The summed E-state index contributed by atoms with van der Waals surface area (Å²) in [6.45, 7) is 3.67. The monoisotopic (exact) mass is 187 g/mol. The Bertz CT molecular complexity index is 169. The maximum Gasteiger partial charge on any atom is 0.315 e. The Kier molecular flexibility index (Phi) is 3.98. The maximum atomic E-state index is 11.2. The Morgan fingerprint density at radius 3 is 3.08 bits per heavy atom. The molecule has 0 aromatic heterocycles. The van der Waals surface area contributed by atoms with Crippen molar-refractivity contribution in [1.82, 2.24) is 10.6 Å². The molecule has 2 amide bonds. The molecule has 0 saturated carbocycles. The van der Waals surface area contributed by atoms with Crippen molar-refractivity contribution in [1.29, 1.82) is 0 Å². The lowest BCUT2D eigenvalue weighted by atomic mass is 10.3. The van der Waals surface area contributed by atoms with Crippen LogP contribution in [0.4, 0.5) is 4.79 Å². The summed E-state index contributed by atoms with van der Waals surface area (Å²) in [6, 6.07) is 0.0146. The van der Waals surface area contributed by atoms with Crippen LogP contribution in [0.2, 0.25) is 0 Å². The third kappa shape index (κ3) is 3.61. The van der Waals surface area contributed by atoms with Gasteiger partial charge in [-0.25, -0.2) is 4.79 Å². The molecule has 0 bridgehead atoms. The van der Waals surface area contributed by atoms with E-state index in [0.717, 1.165) is 13.0 Å². The smallest absolute Gasteiger partial charge is 0.315 e. The van der Waals surface area contributed by atoms with Crippen molar-refractivity contribution in [3.8, 4) is 0 Å². The van der Waals surface area contributed by atoms with E-state index in [9.17, 15) is 4.79 Å². The lowest BCUT2D eigenvalue weighted by molar-refractivity contribution is 0.188. The van der Waals surface area contributed by atoms with Crippen LogP contribution in [0.1, 0.15) is 13.3 Å². The van der Waals surface area contributed by atoms with E-state index in [0.29, 0.717) is 13.2 Å². The Morgan fingerprint density at radius 2 is 2.54 bits per heavy atom. The molecule has 1 aliphatic heterocycles. The molecule has 13 heavy (non-hydrogen) atoms. The van der Waals surface area contributed by atoms with E-state index < -0.39 is 0 Å². The second-order valence-electron chi connectivity index (χ2n) is 3.32. The van der Waals surface area contributed by atoms with Crippen LogP contribution in [0.25, 0.3) is 0 Å². The fourth-order valence-corrected chi connectivity index (χ4v) is 1.16. The second kappa shape index (κ2) is 5.04. The highest BCUT2D eigenvalue weighted by molar-refractivity contribution is 5.74. The minimum Gasteiger partial charge on any atom is -0.379 e. The van der Waals surface area contributed by atoms with Crippen LogP contribution in [-0.2, 0) is 4.74 Å². The molecule has 1 fully saturated rings. The van der Waals surface area contributed by atoms with Crippen LogP contribution in [0.5, 0.6) is 0 Å². The average Bonchev–Trinajstić information content (AvgIpc) is 2.56. The molecule has 1 saturated heterocycles. The van der Waals surface area contributed by atoms with Crippen LogP contribution in [-0.4, -0.2) is 37.9 Å². The molecule has 1 unspecified atom stereocenters. The summed E-state index contributed by atoms with van der Waals surface area (Å²) in [5.41, 5.74) is 5.36. The molecule has 2 atom stereocenters. The van der Waals surface area contributed by atoms with Gasteiger partial charge in [0.15, 0.2) is 0 Å². The molecule has 1 aliphatic rings. The summed E-state index contributed by atoms with van der Waals surface area (Å²) in [6.07, 6.45) is 0.893. The second-order valence-corrected chi connectivity index (χ2v) is 3.32. The third-order valence-corrected chi connectivity index (χ3v) is 2.00. The number of rotatable bonds is 3. The zero-order chi connectivity index (χ0) is 9.68. The number of carbonyl (C=O) groups is 1. The first kappa shape index (κ1) is 10.3. The topological polar surface area (TPSA) is 76.4 Å². The lowest BCUT2D eigenvalue weighted by Crippen LogP contribution is -2.47. The molecule has 0 radical (unpaired) electrons. The Morgan fingerprint density at radius 1 is 1.77 bits per heavy atom. The fraction of sp³-hybridized carbons (Fsp3) is 0.875. The molecular formula is C8H17N3O2. The first-order chi connectivity index (χ1) is 6.22. The van der Waals surface area contributed by atoms with Gasteiger partial charge in [-0.15, -0.1) is 0 Å². The standard InChI is InChI=1S/C8H17N3O2/c1-6(4-9)10-8(12)11-7-2-3-13-5-7/h6-7H,2-5,9H2,1H3,(H2,10,11,12)/t6-,7?/m1/s1.